The van der Waals surface area contributed by atoms with Gasteiger partial charge in [0.15, 0.2) is 0 Å². The molecule has 3 heterocycles. The summed E-state index contributed by atoms with van der Waals surface area (Å²) in [6.07, 6.45) is -4.96. The number of aliphatic hydroxyl groups is 2. The molecule has 3 aliphatic rings. The monoisotopic (exact) mass is 448 g/mol. The molecule has 3 rings (SSSR count). The van der Waals surface area contributed by atoms with Gasteiger partial charge in [-0.15, -0.1) is 11.8 Å². The number of hydrogen-bond donors (Lipinski definition) is 3. The third-order valence-electron chi connectivity index (χ3n) is 4.99. The third kappa shape index (κ3) is 3.39. The molecule has 0 aliphatic carbocycles. The van der Waals surface area contributed by atoms with E-state index in [0.717, 1.165) is 0 Å². The molecule has 0 saturated carbocycles. The summed E-state index contributed by atoms with van der Waals surface area (Å²) in [6.45, 7) is 2.10. The molecule has 3 aliphatic heterocycles. The minimum Gasteiger partial charge on any atom is -0.458 e. The molecule has 28 heavy (non-hydrogen) atoms. The Labute approximate surface area is 162 Å². The van der Waals surface area contributed by atoms with Gasteiger partial charge in [0, 0.05) is 11.2 Å². The molecule has 0 amide bonds. The van der Waals surface area contributed by atoms with Crippen molar-refractivity contribution in [2.75, 3.05) is 6.61 Å². The van der Waals surface area contributed by atoms with Gasteiger partial charge in [0.2, 0.25) is 0 Å². The minimum absolute atomic E-state index is 0.288. The molecule has 3 N–H and O–H groups in total. The van der Waals surface area contributed by atoms with Crippen molar-refractivity contribution in [2.45, 2.75) is 53.7 Å². The molecule has 0 aromatic rings. The highest BCUT2D eigenvalue weighted by atomic mass is 32.2. The number of rotatable bonds is 7. The van der Waals surface area contributed by atoms with Gasteiger partial charge in [0.25, 0.3) is 6.29 Å². The maximum atomic E-state index is 13.2. The molecule has 0 spiro atoms. The lowest BCUT2D eigenvalue weighted by atomic mass is 9.71. The van der Waals surface area contributed by atoms with Crippen LogP contribution in [0.15, 0.2) is 0 Å². The normalized spacial score (nSPS) is 35.8. The molecule has 10 nitrogen and oxygen atoms in total. The number of fused-ring (bicyclic) bond motifs is 1. The van der Waals surface area contributed by atoms with Gasteiger partial charge in [0.05, 0.1) is 16.8 Å². The van der Waals surface area contributed by atoms with Gasteiger partial charge in [0.1, 0.15) is 18.8 Å². The van der Waals surface area contributed by atoms with E-state index >= 15 is 0 Å². The van der Waals surface area contributed by atoms with Gasteiger partial charge in [-0.05, 0) is 13.8 Å². The first kappa shape index (κ1) is 21.6. The summed E-state index contributed by atoms with van der Waals surface area (Å²) in [7, 11) is -6.01. The average molecular weight is 448 g/mol. The molecule has 7 atom stereocenters. The van der Waals surface area contributed by atoms with Gasteiger partial charge in [-0.1, -0.05) is 0 Å². The van der Waals surface area contributed by atoms with E-state index in [0.29, 0.717) is 0 Å². The van der Waals surface area contributed by atoms with Crippen LogP contribution in [0, 0.1) is 11.8 Å². The zero-order chi connectivity index (χ0) is 21.2. The van der Waals surface area contributed by atoms with E-state index in [1.165, 1.54) is 25.6 Å². The Hall–Kier alpha value is -1.06. The number of thioether (sulfide) groups is 1. The fourth-order valence-electron chi connectivity index (χ4n) is 3.87. The van der Waals surface area contributed by atoms with Crippen LogP contribution in [-0.4, -0.2) is 81.6 Å². The number of carbonyl (C=O) groups is 2. The predicted octanol–water partition coefficient (Wildman–Crippen LogP) is -0.860. The van der Waals surface area contributed by atoms with Gasteiger partial charge < -0.3 is 24.4 Å². The van der Waals surface area contributed by atoms with Gasteiger partial charge in [-0.25, -0.2) is 4.79 Å². The quantitative estimate of drug-likeness (QED) is 0.253. The van der Waals surface area contributed by atoms with Crippen LogP contribution in [0.5, 0.6) is 0 Å². The number of alkyl halides is 2. The van der Waals surface area contributed by atoms with Crippen molar-refractivity contribution in [3.63, 3.8) is 0 Å². The topological polar surface area (TPSA) is 157 Å². The number of esters is 2. The highest BCUT2D eigenvalue weighted by Crippen LogP contribution is 2.61. The van der Waals surface area contributed by atoms with Crippen LogP contribution in [0.25, 0.3) is 0 Å². The van der Waals surface area contributed by atoms with Crippen molar-refractivity contribution in [2.24, 2.45) is 11.8 Å². The molecule has 0 aromatic heterocycles. The lowest BCUT2D eigenvalue weighted by Crippen LogP contribution is -2.51. The second-order valence-corrected chi connectivity index (χ2v) is 10.2. The predicted molar refractivity (Wildman–Crippen MR) is 86.7 cm³/mol. The van der Waals surface area contributed by atoms with E-state index in [9.17, 15) is 31.9 Å². The van der Waals surface area contributed by atoms with Crippen molar-refractivity contribution in [1.29, 1.82) is 0 Å². The van der Waals surface area contributed by atoms with Crippen molar-refractivity contribution in [3.8, 4) is 0 Å². The molecule has 2 bridgehead atoms. The number of halogens is 2. The molecule has 0 radical (unpaired) electrons. The molecule has 3 fully saturated rings. The van der Waals surface area contributed by atoms with E-state index in [2.05, 4.69) is 4.74 Å². The Kier molecular flexibility index (Phi) is 5.21. The van der Waals surface area contributed by atoms with E-state index in [1.54, 1.807) is 0 Å². The number of ether oxygens (including phenoxy) is 3. The van der Waals surface area contributed by atoms with Crippen molar-refractivity contribution in [1.82, 2.24) is 0 Å². The largest absolute Gasteiger partial charge is 0.458 e. The van der Waals surface area contributed by atoms with Crippen LogP contribution in [0.2, 0.25) is 0 Å². The minimum atomic E-state index is -6.01. The van der Waals surface area contributed by atoms with E-state index in [1.807, 2.05) is 0 Å². The SMILES string of the molecule is CC(C)(O)C1C2SC3C(OC(=O)C31)C2OCC(=O)OC(O)C(F)(F)S(=O)(=O)O. The Morgan fingerprint density at radius 3 is 2.50 bits per heavy atom. The van der Waals surface area contributed by atoms with Crippen LogP contribution in [0.4, 0.5) is 8.78 Å². The number of aliphatic hydroxyl groups excluding tert-OH is 1. The Morgan fingerprint density at radius 1 is 1.36 bits per heavy atom. The van der Waals surface area contributed by atoms with Gasteiger partial charge in [-0.2, -0.15) is 17.2 Å². The van der Waals surface area contributed by atoms with Gasteiger partial charge in [-0.3, -0.25) is 9.35 Å². The lowest BCUT2D eigenvalue weighted by molar-refractivity contribution is -0.210. The molecular formula is C14H18F2O10S2. The highest BCUT2D eigenvalue weighted by Gasteiger charge is 2.70. The first-order chi connectivity index (χ1) is 12.7. The number of carbonyl (C=O) groups excluding carboxylic acids is 2. The molecule has 14 heteroatoms. The summed E-state index contributed by atoms with van der Waals surface area (Å²) in [6, 6.07) is 0. The van der Waals surface area contributed by atoms with Crippen molar-refractivity contribution < 1.29 is 55.8 Å². The molecule has 0 aromatic carbocycles. The first-order valence-corrected chi connectivity index (χ1v) is 10.5. The summed E-state index contributed by atoms with van der Waals surface area (Å²) >= 11 is 1.37. The maximum absolute atomic E-state index is 13.2. The molecule has 160 valence electrons. The third-order valence-corrected chi connectivity index (χ3v) is 7.63. The zero-order valence-electron chi connectivity index (χ0n) is 14.5. The Morgan fingerprint density at radius 2 is 1.96 bits per heavy atom. The van der Waals surface area contributed by atoms with Crippen molar-refractivity contribution in [3.05, 3.63) is 0 Å². The average Bonchev–Trinajstić information content (AvgIpc) is 3.12. The van der Waals surface area contributed by atoms with Crippen LogP contribution >= 0.6 is 11.8 Å². The van der Waals surface area contributed by atoms with E-state index in [4.69, 9.17) is 19.1 Å². The lowest BCUT2D eigenvalue weighted by Gasteiger charge is -2.37. The summed E-state index contributed by atoms with van der Waals surface area (Å²) in [5, 5.41) is 13.6. The highest BCUT2D eigenvalue weighted by molar-refractivity contribution is 8.01. The number of hydrogen-bond acceptors (Lipinski definition) is 10. The Bertz CT molecular complexity index is 779. The van der Waals surface area contributed by atoms with Crippen LogP contribution in [-0.2, 0) is 33.9 Å². The van der Waals surface area contributed by atoms with Gasteiger partial charge >= 0.3 is 27.3 Å². The maximum Gasteiger partial charge on any atom is 0.430 e. The van der Waals surface area contributed by atoms with E-state index in [-0.39, 0.29) is 5.25 Å². The standard InChI is InChI=1S/C14H18F2O10S2/c1-13(2,20)6-5-9-8(26-11(5)18)7(10(6)27-9)24-3-4(17)25-12(19)14(15,16)28(21,22)23/h5-10,12,19-20H,3H2,1-2H3,(H,21,22,23). The smallest absolute Gasteiger partial charge is 0.430 e. The van der Waals surface area contributed by atoms with Crippen LogP contribution in [0.3, 0.4) is 0 Å². The first-order valence-electron chi connectivity index (χ1n) is 8.08. The zero-order valence-corrected chi connectivity index (χ0v) is 16.2. The van der Waals surface area contributed by atoms with Crippen molar-refractivity contribution >= 4 is 33.8 Å². The second-order valence-electron chi connectivity index (χ2n) is 7.33. The summed E-state index contributed by atoms with van der Waals surface area (Å²) in [4.78, 5) is 23.7. The fourth-order valence-corrected chi connectivity index (χ4v) is 6.42. The Balaban J connectivity index is 1.64. The summed E-state index contributed by atoms with van der Waals surface area (Å²) < 4.78 is 70.3. The fraction of sp³-hybridized carbons (Fsp3) is 0.857. The van der Waals surface area contributed by atoms with Crippen LogP contribution < -0.4 is 0 Å². The molecule has 7 unspecified atom stereocenters. The second kappa shape index (κ2) is 6.74. The van der Waals surface area contributed by atoms with E-state index < -0.39 is 75.1 Å². The molecular weight excluding hydrogens is 430 g/mol. The van der Waals surface area contributed by atoms with Crippen LogP contribution in [0.1, 0.15) is 13.8 Å². The molecule has 3 saturated heterocycles. The summed E-state index contributed by atoms with van der Waals surface area (Å²) in [5.74, 6) is -3.07. The summed E-state index contributed by atoms with van der Waals surface area (Å²) in [5.41, 5.74) is -1.25.